The third kappa shape index (κ3) is 2.26. The van der Waals surface area contributed by atoms with Gasteiger partial charge in [0.05, 0.1) is 33.1 Å². The fourth-order valence-electron chi connectivity index (χ4n) is 2.08. The number of nitrogens with one attached hydrogen (secondary N) is 1. The molecule has 0 atom stereocenters. The van der Waals surface area contributed by atoms with Crippen molar-refractivity contribution in [3.8, 4) is 11.4 Å². The van der Waals surface area contributed by atoms with Crippen molar-refractivity contribution in [3.63, 3.8) is 0 Å². The Labute approximate surface area is 122 Å². The van der Waals surface area contributed by atoms with Crippen molar-refractivity contribution in [2.75, 3.05) is 0 Å². The number of rotatable bonds is 3. The van der Waals surface area contributed by atoms with Crippen molar-refractivity contribution >= 4 is 22.7 Å². The minimum Gasteiger partial charge on any atom is -0.478 e. The number of carboxylic acid groups (broad SMARTS) is 1. The quantitative estimate of drug-likeness (QED) is 0.571. The van der Waals surface area contributed by atoms with Gasteiger partial charge in [0, 0.05) is 6.07 Å². The molecule has 0 aliphatic rings. The topological polar surface area (TPSA) is 109 Å². The van der Waals surface area contributed by atoms with E-state index in [1.165, 1.54) is 30.3 Å². The van der Waals surface area contributed by atoms with E-state index >= 15 is 0 Å². The number of H-pyrrole nitrogens is 1. The van der Waals surface area contributed by atoms with Gasteiger partial charge in [-0.3, -0.25) is 10.1 Å². The van der Waals surface area contributed by atoms with Crippen LogP contribution in [0.3, 0.4) is 0 Å². The molecule has 3 aromatic rings. The molecule has 1 aromatic heterocycles. The monoisotopic (exact) mass is 301 g/mol. The number of hydrogen-bond acceptors (Lipinski definition) is 4. The molecule has 7 nitrogen and oxygen atoms in total. The first-order valence-electron chi connectivity index (χ1n) is 6.13. The van der Waals surface area contributed by atoms with Crippen LogP contribution in [0.4, 0.5) is 10.1 Å². The molecule has 110 valence electrons. The van der Waals surface area contributed by atoms with Gasteiger partial charge in [0.1, 0.15) is 11.6 Å². The third-order valence-electron chi connectivity index (χ3n) is 3.15. The average Bonchev–Trinajstić information content (AvgIpc) is 2.89. The lowest BCUT2D eigenvalue weighted by Gasteiger charge is -1.98. The van der Waals surface area contributed by atoms with E-state index in [1.807, 2.05) is 0 Å². The first-order valence-corrected chi connectivity index (χ1v) is 6.13. The van der Waals surface area contributed by atoms with E-state index in [-0.39, 0.29) is 22.6 Å². The van der Waals surface area contributed by atoms with E-state index in [0.29, 0.717) is 11.0 Å². The molecule has 0 saturated carbocycles. The second-order valence-corrected chi connectivity index (χ2v) is 4.54. The number of carbonyl (C=O) groups is 1. The average molecular weight is 301 g/mol. The van der Waals surface area contributed by atoms with Gasteiger partial charge in [-0.1, -0.05) is 0 Å². The Morgan fingerprint density at radius 3 is 2.68 bits per heavy atom. The van der Waals surface area contributed by atoms with Gasteiger partial charge >= 0.3 is 5.97 Å². The number of fused-ring (bicyclic) bond motifs is 1. The summed E-state index contributed by atoms with van der Waals surface area (Å²) < 4.78 is 14.0. The Bertz CT molecular complexity index is 920. The number of carboxylic acids is 1. The number of benzene rings is 2. The molecule has 1 heterocycles. The number of aromatic amines is 1. The number of nitro benzene ring substituents is 1. The van der Waals surface area contributed by atoms with Crippen molar-refractivity contribution in [1.29, 1.82) is 0 Å². The second-order valence-electron chi connectivity index (χ2n) is 4.54. The second kappa shape index (κ2) is 4.92. The maximum Gasteiger partial charge on any atom is 0.335 e. The number of nitro groups is 1. The number of halogens is 1. The molecule has 22 heavy (non-hydrogen) atoms. The van der Waals surface area contributed by atoms with Crippen LogP contribution >= 0.6 is 0 Å². The summed E-state index contributed by atoms with van der Waals surface area (Å²) in [5.41, 5.74) is 0.696. The van der Waals surface area contributed by atoms with Crippen LogP contribution in [-0.4, -0.2) is 26.0 Å². The first-order chi connectivity index (χ1) is 10.5. The molecule has 0 radical (unpaired) electrons. The van der Waals surface area contributed by atoms with Gasteiger partial charge in [0.25, 0.3) is 5.69 Å². The Balaban J connectivity index is 2.10. The minimum atomic E-state index is -1.08. The van der Waals surface area contributed by atoms with Gasteiger partial charge in [-0.05, 0) is 24.3 Å². The maximum atomic E-state index is 14.0. The van der Waals surface area contributed by atoms with Crippen LogP contribution in [0.1, 0.15) is 10.4 Å². The lowest BCUT2D eigenvalue weighted by Crippen LogP contribution is -1.94. The maximum absolute atomic E-state index is 14.0. The molecule has 0 spiro atoms. The van der Waals surface area contributed by atoms with Crippen molar-refractivity contribution in [3.05, 3.63) is 57.9 Å². The van der Waals surface area contributed by atoms with Crippen LogP contribution in [0, 0.1) is 15.9 Å². The molecule has 8 heteroatoms. The van der Waals surface area contributed by atoms with Gasteiger partial charge in [-0.25, -0.2) is 14.2 Å². The lowest BCUT2D eigenvalue weighted by molar-refractivity contribution is -0.385. The van der Waals surface area contributed by atoms with Crippen molar-refractivity contribution in [2.45, 2.75) is 0 Å². The number of non-ortho nitro benzene ring substituents is 1. The summed E-state index contributed by atoms with van der Waals surface area (Å²) in [4.78, 5) is 27.8. The largest absolute Gasteiger partial charge is 0.478 e. The molecule has 0 unspecified atom stereocenters. The highest BCUT2D eigenvalue weighted by Crippen LogP contribution is 2.26. The number of hydrogen-bond donors (Lipinski definition) is 2. The standard InChI is InChI=1S/C14H8FN3O4/c15-10-6-8(18(21)22)2-3-9(10)13-16-11-4-1-7(14(19)20)5-12(11)17-13/h1-6H,(H,16,17)(H,19,20). The van der Waals surface area contributed by atoms with Crippen LogP contribution in [0.15, 0.2) is 36.4 Å². The van der Waals surface area contributed by atoms with Gasteiger partial charge in [-0.15, -0.1) is 0 Å². The fraction of sp³-hybridized carbons (Fsp3) is 0. The predicted octanol–water partition coefficient (Wildman–Crippen LogP) is 2.98. The fourth-order valence-corrected chi connectivity index (χ4v) is 2.08. The van der Waals surface area contributed by atoms with Gasteiger partial charge in [0.2, 0.25) is 0 Å². The Hall–Kier alpha value is -3.29. The zero-order chi connectivity index (χ0) is 15.9. The molecule has 3 rings (SSSR count). The van der Waals surface area contributed by atoms with E-state index in [0.717, 1.165) is 6.07 Å². The SMILES string of the molecule is O=C(O)c1ccc2nc(-c3ccc([N+](=O)[O-])cc3F)[nH]c2c1. The van der Waals surface area contributed by atoms with Crippen molar-refractivity contribution in [2.24, 2.45) is 0 Å². The van der Waals surface area contributed by atoms with E-state index in [1.54, 1.807) is 0 Å². The molecule has 0 saturated heterocycles. The van der Waals surface area contributed by atoms with Crippen molar-refractivity contribution < 1.29 is 19.2 Å². The summed E-state index contributed by atoms with van der Waals surface area (Å²) >= 11 is 0. The number of aromatic carboxylic acids is 1. The predicted molar refractivity (Wildman–Crippen MR) is 75.1 cm³/mol. The molecule has 0 aliphatic heterocycles. The van der Waals surface area contributed by atoms with E-state index in [9.17, 15) is 19.3 Å². The Morgan fingerprint density at radius 2 is 2.05 bits per heavy atom. The summed E-state index contributed by atoms with van der Waals surface area (Å²) in [6.07, 6.45) is 0. The zero-order valence-corrected chi connectivity index (χ0v) is 10.9. The summed E-state index contributed by atoms with van der Waals surface area (Å²) in [6, 6.07) is 7.52. The third-order valence-corrected chi connectivity index (χ3v) is 3.15. The molecule has 0 bridgehead atoms. The van der Waals surface area contributed by atoms with Gasteiger partial charge < -0.3 is 10.1 Å². The molecule has 2 aromatic carbocycles. The number of imidazole rings is 1. The van der Waals surface area contributed by atoms with Crippen LogP contribution in [0.2, 0.25) is 0 Å². The highest BCUT2D eigenvalue weighted by Gasteiger charge is 2.15. The Morgan fingerprint density at radius 1 is 1.27 bits per heavy atom. The van der Waals surface area contributed by atoms with E-state index in [2.05, 4.69) is 9.97 Å². The molecule has 0 fully saturated rings. The molecule has 0 aliphatic carbocycles. The summed E-state index contributed by atoms with van der Waals surface area (Å²) in [5.74, 6) is -1.70. The molecular formula is C14H8FN3O4. The summed E-state index contributed by atoms with van der Waals surface area (Å²) in [5, 5.41) is 19.5. The number of nitrogens with zero attached hydrogens (tertiary/aromatic N) is 2. The minimum absolute atomic E-state index is 0.0682. The zero-order valence-electron chi connectivity index (χ0n) is 10.9. The lowest BCUT2D eigenvalue weighted by atomic mass is 10.2. The molecular weight excluding hydrogens is 293 g/mol. The van der Waals surface area contributed by atoms with Crippen molar-refractivity contribution in [1.82, 2.24) is 9.97 Å². The molecule has 2 N–H and O–H groups in total. The van der Waals surface area contributed by atoms with E-state index in [4.69, 9.17) is 5.11 Å². The number of aromatic nitrogens is 2. The van der Waals surface area contributed by atoms with Crippen LogP contribution < -0.4 is 0 Å². The van der Waals surface area contributed by atoms with E-state index < -0.39 is 16.7 Å². The van der Waals surface area contributed by atoms with Crippen LogP contribution in [0.5, 0.6) is 0 Å². The summed E-state index contributed by atoms with van der Waals surface area (Å²) in [6.45, 7) is 0. The summed E-state index contributed by atoms with van der Waals surface area (Å²) in [7, 11) is 0. The van der Waals surface area contributed by atoms with Crippen LogP contribution in [0.25, 0.3) is 22.4 Å². The molecule has 0 amide bonds. The highest BCUT2D eigenvalue weighted by molar-refractivity contribution is 5.93. The van der Waals surface area contributed by atoms with Gasteiger partial charge in [0.15, 0.2) is 0 Å². The van der Waals surface area contributed by atoms with Crippen LogP contribution in [-0.2, 0) is 0 Å². The highest BCUT2D eigenvalue weighted by atomic mass is 19.1. The normalized spacial score (nSPS) is 10.8. The smallest absolute Gasteiger partial charge is 0.335 e. The first kappa shape index (κ1) is 13.7. The Kier molecular flexibility index (Phi) is 3.06. The van der Waals surface area contributed by atoms with Gasteiger partial charge in [-0.2, -0.15) is 0 Å².